The zero-order valence-corrected chi connectivity index (χ0v) is 52.6. The van der Waals surface area contributed by atoms with Gasteiger partial charge in [0.25, 0.3) is 0 Å². The van der Waals surface area contributed by atoms with Gasteiger partial charge in [-0.15, -0.1) is 0 Å². The number of hydrogen-bond acceptors (Lipinski definition) is 6. The molecule has 0 saturated carbocycles. The summed E-state index contributed by atoms with van der Waals surface area (Å²) in [6.07, 6.45) is 88.1. The average Bonchev–Trinajstić information content (AvgIpc) is 3.45. The van der Waals surface area contributed by atoms with Gasteiger partial charge in [0.15, 0.2) is 6.10 Å². The fourth-order valence-electron chi connectivity index (χ4n) is 10.1. The number of rotatable bonds is 63. The third-order valence-corrected chi connectivity index (χ3v) is 15.2. The first kappa shape index (κ1) is 75.8. The molecule has 0 spiro atoms. The summed E-state index contributed by atoms with van der Waals surface area (Å²) < 4.78 is 16.9. The molecule has 0 aromatic carbocycles. The predicted octanol–water partition coefficient (Wildman–Crippen LogP) is 23.7. The molecule has 6 heteroatoms. The van der Waals surface area contributed by atoms with Crippen LogP contribution in [0.1, 0.15) is 355 Å². The maximum absolute atomic E-state index is 12.9. The SMILES string of the molecule is CC/C=C\C/C=C\C/C=C\C/C=C\CCCCCCCCCCCCCCCCCCC(=O)OCC(COC(=O)CCCCCCCCC)OC(=O)CCCCCCCCCCCCCCC/C=C\C/C=C\CCCCCCC. The van der Waals surface area contributed by atoms with Crippen molar-refractivity contribution in [1.29, 1.82) is 0 Å². The Balaban J connectivity index is 4.05. The molecule has 0 bridgehead atoms. The number of carbonyl (C=O) groups excluding carboxylic acids is 3. The minimum Gasteiger partial charge on any atom is -0.462 e. The van der Waals surface area contributed by atoms with Crippen LogP contribution < -0.4 is 0 Å². The molecule has 0 aromatic rings. The molecule has 1 unspecified atom stereocenters. The Morgan fingerprint density at radius 3 is 0.772 bits per heavy atom. The van der Waals surface area contributed by atoms with Gasteiger partial charge in [0, 0.05) is 19.3 Å². The van der Waals surface area contributed by atoms with E-state index >= 15 is 0 Å². The molecule has 0 radical (unpaired) electrons. The van der Waals surface area contributed by atoms with Gasteiger partial charge in [0.1, 0.15) is 13.2 Å². The number of unbranched alkanes of at least 4 members (excludes halogenated alkanes) is 40. The molecule has 0 aromatic heterocycles. The fourth-order valence-corrected chi connectivity index (χ4v) is 10.1. The van der Waals surface area contributed by atoms with Crippen LogP contribution in [0.25, 0.3) is 0 Å². The van der Waals surface area contributed by atoms with Crippen LogP contribution in [0.15, 0.2) is 72.9 Å². The highest BCUT2D eigenvalue weighted by molar-refractivity contribution is 5.71. The number of esters is 3. The van der Waals surface area contributed by atoms with Gasteiger partial charge in [-0.05, 0) is 89.9 Å². The Morgan fingerprint density at radius 1 is 0.266 bits per heavy atom. The van der Waals surface area contributed by atoms with E-state index in [1.165, 1.54) is 225 Å². The zero-order chi connectivity index (χ0) is 57.1. The average molecular weight is 1100 g/mol. The lowest BCUT2D eigenvalue weighted by atomic mass is 10.0. The second kappa shape index (κ2) is 67.4. The third kappa shape index (κ3) is 65.5. The minimum atomic E-state index is -0.772. The fraction of sp³-hybridized carbons (Fsp3) is 0.795. The molecule has 79 heavy (non-hydrogen) atoms. The van der Waals surface area contributed by atoms with E-state index in [9.17, 15) is 14.4 Å². The molecular formula is C73H130O6. The van der Waals surface area contributed by atoms with Crippen LogP contribution in [0.3, 0.4) is 0 Å². The Morgan fingerprint density at radius 2 is 0.494 bits per heavy atom. The monoisotopic (exact) mass is 1100 g/mol. The molecule has 0 amide bonds. The van der Waals surface area contributed by atoms with E-state index in [2.05, 4.69) is 93.7 Å². The zero-order valence-electron chi connectivity index (χ0n) is 52.6. The molecule has 0 aliphatic carbocycles. The van der Waals surface area contributed by atoms with E-state index in [0.29, 0.717) is 19.3 Å². The number of allylic oxidation sites excluding steroid dienone is 12. The second-order valence-corrected chi connectivity index (χ2v) is 23.1. The summed E-state index contributed by atoms with van der Waals surface area (Å²) in [6.45, 7) is 6.52. The summed E-state index contributed by atoms with van der Waals surface area (Å²) >= 11 is 0. The van der Waals surface area contributed by atoms with Crippen molar-refractivity contribution in [2.45, 2.75) is 361 Å². The molecule has 0 aliphatic heterocycles. The van der Waals surface area contributed by atoms with E-state index in [0.717, 1.165) is 89.9 Å². The smallest absolute Gasteiger partial charge is 0.306 e. The normalized spacial score (nSPS) is 12.5. The molecule has 0 rings (SSSR count). The number of ether oxygens (including phenoxy) is 3. The standard InChI is InChI=1S/C73H130O6/c1-4-7-10-13-16-18-20-22-24-26-28-30-32-34-35-36-37-39-40-42-44-46-48-50-52-54-57-60-63-66-72(75)78-69-70(68-77-71(74)65-62-59-56-15-12-9-6-3)79-73(76)67-64-61-58-55-53-51-49-47-45-43-41-38-33-31-29-27-25-23-21-19-17-14-11-8-5-2/h7,10,16,18,21-24,27-30,70H,4-6,8-9,11-15,17,19-20,25-26,31-69H2,1-3H3/b10-7-,18-16-,23-21-,24-22-,29-27-,30-28-. The highest BCUT2D eigenvalue weighted by Gasteiger charge is 2.19. The molecule has 458 valence electrons. The Hall–Kier alpha value is -3.15. The number of hydrogen-bond donors (Lipinski definition) is 0. The van der Waals surface area contributed by atoms with E-state index in [1.807, 2.05) is 0 Å². The van der Waals surface area contributed by atoms with Crippen molar-refractivity contribution in [3.63, 3.8) is 0 Å². The topological polar surface area (TPSA) is 78.9 Å². The summed E-state index contributed by atoms with van der Waals surface area (Å²) in [5.41, 5.74) is 0. The van der Waals surface area contributed by atoms with Gasteiger partial charge in [-0.2, -0.15) is 0 Å². The van der Waals surface area contributed by atoms with Crippen molar-refractivity contribution in [3.8, 4) is 0 Å². The lowest BCUT2D eigenvalue weighted by Crippen LogP contribution is -2.30. The van der Waals surface area contributed by atoms with Gasteiger partial charge in [-0.1, -0.05) is 318 Å². The maximum Gasteiger partial charge on any atom is 0.306 e. The van der Waals surface area contributed by atoms with Crippen molar-refractivity contribution in [1.82, 2.24) is 0 Å². The van der Waals surface area contributed by atoms with Gasteiger partial charge < -0.3 is 14.2 Å². The molecular weight excluding hydrogens is 973 g/mol. The van der Waals surface area contributed by atoms with Crippen LogP contribution in [0.2, 0.25) is 0 Å². The van der Waals surface area contributed by atoms with Crippen LogP contribution in [0, 0.1) is 0 Å². The van der Waals surface area contributed by atoms with Gasteiger partial charge in [0.2, 0.25) is 0 Å². The Labute approximate surface area is 491 Å². The summed E-state index contributed by atoms with van der Waals surface area (Å²) in [5, 5.41) is 0. The van der Waals surface area contributed by atoms with Crippen molar-refractivity contribution >= 4 is 17.9 Å². The third-order valence-electron chi connectivity index (χ3n) is 15.2. The molecule has 0 saturated heterocycles. The van der Waals surface area contributed by atoms with Crippen LogP contribution >= 0.6 is 0 Å². The van der Waals surface area contributed by atoms with Gasteiger partial charge >= 0.3 is 17.9 Å². The van der Waals surface area contributed by atoms with Crippen molar-refractivity contribution in [2.75, 3.05) is 13.2 Å². The van der Waals surface area contributed by atoms with Crippen LogP contribution in [-0.2, 0) is 28.6 Å². The minimum absolute atomic E-state index is 0.0711. The molecule has 0 heterocycles. The first-order chi connectivity index (χ1) is 39.0. The second-order valence-electron chi connectivity index (χ2n) is 23.1. The van der Waals surface area contributed by atoms with Crippen LogP contribution in [-0.4, -0.2) is 37.2 Å². The molecule has 0 N–H and O–H groups in total. The summed E-state index contributed by atoms with van der Waals surface area (Å²) in [5.74, 6) is -0.860. The Bertz CT molecular complexity index is 1450. The van der Waals surface area contributed by atoms with Crippen molar-refractivity contribution in [2.24, 2.45) is 0 Å². The molecule has 6 nitrogen and oxygen atoms in total. The first-order valence-corrected chi connectivity index (χ1v) is 34.4. The maximum atomic E-state index is 12.9. The summed E-state index contributed by atoms with van der Waals surface area (Å²) in [4.78, 5) is 38.2. The van der Waals surface area contributed by atoms with Crippen molar-refractivity contribution < 1.29 is 28.6 Å². The molecule has 1 atom stereocenters. The summed E-state index contributed by atoms with van der Waals surface area (Å²) in [6, 6.07) is 0. The highest BCUT2D eigenvalue weighted by atomic mass is 16.6. The Kier molecular flexibility index (Phi) is 64.7. The lowest BCUT2D eigenvalue weighted by molar-refractivity contribution is -0.167. The van der Waals surface area contributed by atoms with E-state index in [1.54, 1.807) is 0 Å². The van der Waals surface area contributed by atoms with Gasteiger partial charge in [-0.3, -0.25) is 14.4 Å². The molecule has 0 fully saturated rings. The van der Waals surface area contributed by atoms with E-state index in [-0.39, 0.29) is 31.1 Å². The van der Waals surface area contributed by atoms with E-state index < -0.39 is 6.10 Å². The van der Waals surface area contributed by atoms with E-state index in [4.69, 9.17) is 14.2 Å². The molecule has 0 aliphatic rings. The first-order valence-electron chi connectivity index (χ1n) is 34.4. The van der Waals surface area contributed by atoms with Crippen LogP contribution in [0.4, 0.5) is 0 Å². The van der Waals surface area contributed by atoms with Crippen molar-refractivity contribution in [3.05, 3.63) is 72.9 Å². The summed E-state index contributed by atoms with van der Waals surface area (Å²) in [7, 11) is 0. The predicted molar refractivity (Wildman–Crippen MR) is 344 cm³/mol. The lowest BCUT2D eigenvalue weighted by Gasteiger charge is -2.18. The highest BCUT2D eigenvalue weighted by Crippen LogP contribution is 2.18. The quantitative estimate of drug-likeness (QED) is 0.0261. The van der Waals surface area contributed by atoms with Gasteiger partial charge in [-0.25, -0.2) is 0 Å². The van der Waals surface area contributed by atoms with Crippen LogP contribution in [0.5, 0.6) is 0 Å². The number of carbonyl (C=O) groups is 3. The van der Waals surface area contributed by atoms with Gasteiger partial charge in [0.05, 0.1) is 0 Å². The largest absolute Gasteiger partial charge is 0.462 e.